The van der Waals surface area contributed by atoms with Crippen LogP contribution >= 0.6 is 0 Å². The molecule has 0 radical (unpaired) electrons. The van der Waals surface area contributed by atoms with Crippen molar-refractivity contribution in [1.82, 2.24) is 14.8 Å². The van der Waals surface area contributed by atoms with Crippen LogP contribution in [0.15, 0.2) is 63.1 Å². The molecule has 3 aromatic rings. The predicted octanol–water partition coefficient (Wildman–Crippen LogP) is 3.35. The number of ether oxygens (including phenoxy) is 2. The van der Waals surface area contributed by atoms with Crippen LogP contribution in [0.25, 0.3) is 17.3 Å². The molecule has 2 heterocycles. The zero-order valence-corrected chi connectivity index (χ0v) is 20.2. The maximum atomic E-state index is 12.9. The van der Waals surface area contributed by atoms with E-state index in [2.05, 4.69) is 31.5 Å². The van der Waals surface area contributed by atoms with E-state index in [1.807, 2.05) is 0 Å². The van der Waals surface area contributed by atoms with Crippen molar-refractivity contribution in [2.75, 3.05) is 31.7 Å². The fraction of sp³-hybridized carbons (Fsp3) is 0.273. The number of hydrogen-bond acceptors (Lipinski definition) is 8. The monoisotopic (exact) mass is 486 g/mol. The standard InChI is InChI=1S/C22H26N6O5S/c1-15(2)14-24-19(23-3)11-13-34(29,30)27-22-26-25-21(18-10-7-12-33-18)28(22)20-16(31-4)8-6-9-17(20)32-5/h6-10,12,14H,1,11,13H2,2-5H3,(H,26,27). The smallest absolute Gasteiger partial charge is 0.243 e. The van der Waals surface area contributed by atoms with Gasteiger partial charge in [-0.2, -0.15) is 0 Å². The van der Waals surface area contributed by atoms with Crippen molar-refractivity contribution in [1.29, 1.82) is 0 Å². The molecule has 12 heteroatoms. The molecule has 0 saturated heterocycles. The van der Waals surface area contributed by atoms with Crippen molar-refractivity contribution >= 4 is 28.0 Å². The number of aromatic nitrogens is 3. The first-order valence-electron chi connectivity index (χ1n) is 10.2. The van der Waals surface area contributed by atoms with Gasteiger partial charge in [-0.1, -0.05) is 12.6 Å². The summed E-state index contributed by atoms with van der Waals surface area (Å²) in [6.07, 6.45) is 3.10. The molecule has 0 atom stereocenters. The van der Waals surface area contributed by atoms with Crippen molar-refractivity contribution in [2.24, 2.45) is 9.98 Å². The minimum atomic E-state index is -3.87. The number of hydrogen-bond donors (Lipinski definition) is 1. The predicted molar refractivity (Wildman–Crippen MR) is 131 cm³/mol. The van der Waals surface area contributed by atoms with Crippen LogP contribution in [-0.4, -0.2) is 62.3 Å². The quantitative estimate of drug-likeness (QED) is 0.343. The van der Waals surface area contributed by atoms with Gasteiger partial charge in [-0.3, -0.25) is 14.3 Å². The molecule has 0 spiro atoms. The molecule has 1 N–H and O–H groups in total. The molecule has 180 valence electrons. The van der Waals surface area contributed by atoms with Gasteiger partial charge in [0, 0.05) is 19.7 Å². The highest BCUT2D eigenvalue weighted by Crippen LogP contribution is 2.37. The number of methoxy groups -OCH3 is 2. The van der Waals surface area contributed by atoms with Gasteiger partial charge in [0.25, 0.3) is 0 Å². The van der Waals surface area contributed by atoms with E-state index in [-0.39, 0.29) is 23.9 Å². The maximum Gasteiger partial charge on any atom is 0.243 e. The van der Waals surface area contributed by atoms with Gasteiger partial charge >= 0.3 is 0 Å². The summed E-state index contributed by atoms with van der Waals surface area (Å²) in [6.45, 7) is 5.52. The Morgan fingerprint density at radius 1 is 1.21 bits per heavy atom. The number of benzene rings is 1. The zero-order valence-electron chi connectivity index (χ0n) is 19.3. The summed E-state index contributed by atoms with van der Waals surface area (Å²) in [6, 6.07) is 8.55. The fourth-order valence-electron chi connectivity index (χ4n) is 3.01. The number of nitrogens with zero attached hydrogens (tertiary/aromatic N) is 5. The van der Waals surface area contributed by atoms with Crippen molar-refractivity contribution in [2.45, 2.75) is 13.3 Å². The van der Waals surface area contributed by atoms with Gasteiger partial charge in [-0.25, -0.2) is 13.4 Å². The first kappa shape index (κ1) is 24.7. The summed E-state index contributed by atoms with van der Waals surface area (Å²) in [5, 5.41) is 8.23. The van der Waals surface area contributed by atoms with E-state index in [0.717, 1.165) is 5.57 Å². The van der Waals surface area contributed by atoms with E-state index in [1.54, 1.807) is 44.3 Å². The molecule has 0 bridgehead atoms. The largest absolute Gasteiger partial charge is 0.494 e. The molecule has 0 aliphatic rings. The highest BCUT2D eigenvalue weighted by Gasteiger charge is 2.26. The van der Waals surface area contributed by atoms with Crippen LogP contribution < -0.4 is 14.2 Å². The lowest BCUT2D eigenvalue weighted by Gasteiger charge is -2.17. The summed E-state index contributed by atoms with van der Waals surface area (Å²) in [7, 11) is 0.673. The van der Waals surface area contributed by atoms with Crippen LogP contribution in [-0.2, 0) is 10.0 Å². The first-order chi connectivity index (χ1) is 16.3. The van der Waals surface area contributed by atoms with E-state index in [1.165, 1.54) is 31.3 Å². The minimum Gasteiger partial charge on any atom is -0.494 e. The van der Waals surface area contributed by atoms with Gasteiger partial charge in [0.2, 0.25) is 21.8 Å². The van der Waals surface area contributed by atoms with Crippen LogP contribution in [0.1, 0.15) is 13.3 Å². The first-order valence-corrected chi connectivity index (χ1v) is 11.8. The van der Waals surface area contributed by atoms with Gasteiger partial charge in [0.15, 0.2) is 5.76 Å². The second kappa shape index (κ2) is 10.8. The molecule has 0 amide bonds. The Morgan fingerprint density at radius 3 is 2.47 bits per heavy atom. The second-order valence-electron chi connectivity index (χ2n) is 7.09. The van der Waals surface area contributed by atoms with Crippen LogP contribution in [0.3, 0.4) is 0 Å². The maximum absolute atomic E-state index is 12.9. The van der Waals surface area contributed by atoms with Gasteiger partial charge in [-0.05, 0) is 36.8 Å². The van der Waals surface area contributed by atoms with E-state index in [9.17, 15) is 8.42 Å². The summed E-state index contributed by atoms with van der Waals surface area (Å²) >= 11 is 0. The number of aliphatic imine (C=N–C) groups is 2. The third-order valence-electron chi connectivity index (χ3n) is 4.56. The molecule has 0 unspecified atom stereocenters. The molecule has 0 aliphatic heterocycles. The third-order valence-corrected chi connectivity index (χ3v) is 5.80. The molecule has 0 saturated carbocycles. The SMILES string of the molecule is C=C(C)C=NC(CCS(=O)(=O)Nc1nnc(-c2ccco2)n1-c1c(OC)cccc1OC)=NC. The number of para-hydroxylation sites is 1. The Morgan fingerprint density at radius 2 is 1.91 bits per heavy atom. The number of allylic oxidation sites excluding steroid dienone is 1. The van der Waals surface area contributed by atoms with E-state index in [0.29, 0.717) is 28.8 Å². The third kappa shape index (κ3) is 5.70. The summed E-state index contributed by atoms with van der Waals surface area (Å²) in [5.41, 5.74) is 1.13. The summed E-state index contributed by atoms with van der Waals surface area (Å²) in [4.78, 5) is 8.18. The number of nitrogens with one attached hydrogen (secondary N) is 1. The van der Waals surface area contributed by atoms with Gasteiger partial charge in [0.1, 0.15) is 23.0 Å². The molecule has 3 rings (SSSR count). The lowest BCUT2D eigenvalue weighted by Crippen LogP contribution is -2.21. The molecule has 0 fully saturated rings. The Bertz CT molecular complexity index is 1290. The van der Waals surface area contributed by atoms with Crippen molar-refractivity contribution < 1.29 is 22.3 Å². The topological polar surface area (TPSA) is 133 Å². The van der Waals surface area contributed by atoms with Gasteiger partial charge in [-0.15, -0.1) is 10.2 Å². The van der Waals surface area contributed by atoms with Crippen LogP contribution in [0.5, 0.6) is 11.5 Å². The Balaban J connectivity index is 2.02. The molecule has 2 aromatic heterocycles. The summed E-state index contributed by atoms with van der Waals surface area (Å²) < 4.78 is 46.4. The van der Waals surface area contributed by atoms with Gasteiger partial charge < -0.3 is 13.9 Å². The Hall–Kier alpha value is -3.93. The van der Waals surface area contributed by atoms with Crippen molar-refractivity contribution in [3.63, 3.8) is 0 Å². The molecule has 34 heavy (non-hydrogen) atoms. The number of rotatable bonds is 10. The average molecular weight is 487 g/mol. The van der Waals surface area contributed by atoms with Crippen LogP contribution in [0.4, 0.5) is 5.95 Å². The minimum absolute atomic E-state index is 0.0605. The van der Waals surface area contributed by atoms with E-state index >= 15 is 0 Å². The average Bonchev–Trinajstić information content (AvgIpc) is 3.48. The molecule has 11 nitrogen and oxygen atoms in total. The zero-order chi connectivity index (χ0) is 24.7. The molecular formula is C22H26N6O5S. The number of anilines is 1. The number of amidine groups is 1. The molecule has 0 aliphatic carbocycles. The van der Waals surface area contributed by atoms with Gasteiger partial charge in [0.05, 0.1) is 26.2 Å². The Kier molecular flexibility index (Phi) is 7.84. The van der Waals surface area contributed by atoms with Crippen molar-refractivity contribution in [3.05, 3.63) is 48.7 Å². The summed E-state index contributed by atoms with van der Waals surface area (Å²) in [5.74, 6) is 1.50. The second-order valence-corrected chi connectivity index (χ2v) is 8.93. The molecule has 1 aromatic carbocycles. The normalized spacial score (nSPS) is 12.2. The van der Waals surface area contributed by atoms with E-state index in [4.69, 9.17) is 13.9 Å². The highest BCUT2D eigenvalue weighted by atomic mass is 32.2. The number of furan rings is 1. The van der Waals surface area contributed by atoms with Crippen LogP contribution in [0.2, 0.25) is 0 Å². The lowest BCUT2D eigenvalue weighted by molar-refractivity contribution is 0.391. The fourth-order valence-corrected chi connectivity index (χ4v) is 3.98. The number of sulfonamides is 1. The van der Waals surface area contributed by atoms with Crippen LogP contribution in [0, 0.1) is 0 Å². The lowest BCUT2D eigenvalue weighted by atomic mass is 10.2. The molecular weight excluding hydrogens is 460 g/mol. The van der Waals surface area contributed by atoms with E-state index < -0.39 is 10.0 Å². The highest BCUT2D eigenvalue weighted by molar-refractivity contribution is 7.92. The van der Waals surface area contributed by atoms with Crippen molar-refractivity contribution in [3.8, 4) is 28.8 Å². The Labute approximate surface area is 197 Å².